The van der Waals surface area contributed by atoms with Crippen molar-refractivity contribution in [2.24, 2.45) is 5.73 Å². The summed E-state index contributed by atoms with van der Waals surface area (Å²) in [4.78, 5) is 0.0644. The first-order valence-electron chi connectivity index (χ1n) is 6.45. The third kappa shape index (κ3) is 3.40. The second-order valence-electron chi connectivity index (χ2n) is 4.89. The van der Waals surface area contributed by atoms with Gasteiger partial charge in [-0.25, -0.2) is 12.8 Å². The van der Waals surface area contributed by atoms with Gasteiger partial charge >= 0.3 is 0 Å². The quantitative estimate of drug-likeness (QED) is 0.912. The molecule has 0 amide bonds. The molecular weight excluding hydrogens is 291 g/mol. The molecule has 0 saturated heterocycles. The number of hydrogen-bond acceptors (Lipinski definition) is 3. The lowest BCUT2D eigenvalue weighted by Crippen LogP contribution is -2.15. The topological polar surface area (TPSA) is 72.2 Å². The van der Waals surface area contributed by atoms with Crippen molar-refractivity contribution in [2.45, 2.75) is 24.8 Å². The van der Waals surface area contributed by atoms with E-state index in [0.29, 0.717) is 5.56 Å². The van der Waals surface area contributed by atoms with E-state index in [2.05, 4.69) is 4.72 Å². The number of nitrogens with one attached hydrogen (secondary N) is 1. The predicted molar refractivity (Wildman–Crippen MR) is 81.0 cm³/mol. The molecule has 0 aliphatic carbocycles. The van der Waals surface area contributed by atoms with E-state index < -0.39 is 15.8 Å². The Morgan fingerprint density at radius 1 is 1.14 bits per heavy atom. The van der Waals surface area contributed by atoms with Crippen molar-refractivity contribution < 1.29 is 12.8 Å². The number of aryl methyl sites for hydroxylation is 1. The highest BCUT2D eigenvalue weighted by atomic mass is 32.2. The van der Waals surface area contributed by atoms with Gasteiger partial charge in [-0.1, -0.05) is 24.3 Å². The van der Waals surface area contributed by atoms with E-state index >= 15 is 0 Å². The lowest BCUT2D eigenvalue weighted by Gasteiger charge is -2.12. The lowest BCUT2D eigenvalue weighted by atomic mass is 10.1. The minimum Gasteiger partial charge on any atom is -0.324 e. The number of benzene rings is 2. The number of nitrogens with two attached hydrogens (primary N) is 1. The zero-order valence-electron chi connectivity index (χ0n) is 11.8. The van der Waals surface area contributed by atoms with Gasteiger partial charge in [0, 0.05) is 6.04 Å². The van der Waals surface area contributed by atoms with E-state index in [1.807, 2.05) is 6.92 Å². The van der Waals surface area contributed by atoms with Crippen molar-refractivity contribution >= 4 is 15.7 Å². The highest BCUT2D eigenvalue weighted by Crippen LogP contribution is 2.23. The van der Waals surface area contributed by atoms with E-state index in [-0.39, 0.29) is 16.6 Å². The van der Waals surface area contributed by atoms with Crippen LogP contribution >= 0.6 is 0 Å². The molecule has 0 fully saturated rings. The smallest absolute Gasteiger partial charge is 0.261 e. The average Bonchev–Trinajstić information content (AvgIpc) is 2.43. The Morgan fingerprint density at radius 2 is 1.76 bits per heavy atom. The first kappa shape index (κ1) is 15.5. The SMILES string of the molecule is Cc1cccc(F)c1NS(=O)(=O)c1ccc(C(C)N)cc1. The second-order valence-corrected chi connectivity index (χ2v) is 6.58. The summed E-state index contributed by atoms with van der Waals surface area (Å²) in [6.07, 6.45) is 0. The Kier molecular flexibility index (Phi) is 4.29. The number of anilines is 1. The Balaban J connectivity index is 2.34. The normalized spacial score (nSPS) is 13.0. The third-order valence-electron chi connectivity index (χ3n) is 3.17. The van der Waals surface area contributed by atoms with E-state index in [0.717, 1.165) is 5.56 Å². The van der Waals surface area contributed by atoms with Gasteiger partial charge in [0.15, 0.2) is 0 Å². The molecule has 0 aromatic heterocycles. The molecule has 6 heteroatoms. The Labute approximate surface area is 123 Å². The minimum absolute atomic E-state index is 0.0335. The highest BCUT2D eigenvalue weighted by molar-refractivity contribution is 7.92. The van der Waals surface area contributed by atoms with Crippen LogP contribution in [0, 0.1) is 12.7 Å². The molecule has 0 saturated carbocycles. The van der Waals surface area contributed by atoms with Crippen molar-refractivity contribution in [1.29, 1.82) is 0 Å². The van der Waals surface area contributed by atoms with Crippen LogP contribution in [0.15, 0.2) is 47.4 Å². The molecule has 2 rings (SSSR count). The molecule has 0 spiro atoms. The van der Waals surface area contributed by atoms with Gasteiger partial charge in [0.05, 0.1) is 10.6 Å². The van der Waals surface area contributed by atoms with E-state index in [9.17, 15) is 12.8 Å². The van der Waals surface area contributed by atoms with Crippen LogP contribution in [0.1, 0.15) is 24.1 Å². The number of rotatable bonds is 4. The molecule has 0 aliphatic heterocycles. The van der Waals surface area contributed by atoms with E-state index in [1.54, 1.807) is 25.1 Å². The Hall–Kier alpha value is -1.92. The molecule has 0 bridgehead atoms. The van der Waals surface area contributed by atoms with Crippen molar-refractivity contribution in [1.82, 2.24) is 0 Å². The molecular formula is C15H17FN2O2S. The van der Waals surface area contributed by atoms with Crippen LogP contribution in [0.2, 0.25) is 0 Å². The molecule has 1 atom stereocenters. The maximum absolute atomic E-state index is 13.7. The maximum atomic E-state index is 13.7. The number of halogens is 1. The molecule has 0 heterocycles. The van der Waals surface area contributed by atoms with Gasteiger partial charge in [0.2, 0.25) is 0 Å². The zero-order chi connectivity index (χ0) is 15.6. The first-order valence-corrected chi connectivity index (χ1v) is 7.93. The fraction of sp³-hybridized carbons (Fsp3) is 0.200. The van der Waals surface area contributed by atoms with Crippen LogP contribution < -0.4 is 10.5 Å². The van der Waals surface area contributed by atoms with Crippen LogP contribution in [0.4, 0.5) is 10.1 Å². The second kappa shape index (κ2) is 5.83. The van der Waals surface area contributed by atoms with Gasteiger partial charge in [-0.05, 0) is 43.2 Å². The molecule has 2 aromatic carbocycles. The fourth-order valence-electron chi connectivity index (χ4n) is 1.91. The number of para-hydroxylation sites is 1. The summed E-state index contributed by atoms with van der Waals surface area (Å²) in [6.45, 7) is 3.45. The number of hydrogen-bond donors (Lipinski definition) is 2. The van der Waals surface area contributed by atoms with Crippen LogP contribution in [0.25, 0.3) is 0 Å². The maximum Gasteiger partial charge on any atom is 0.261 e. The van der Waals surface area contributed by atoms with Crippen LogP contribution in [0.3, 0.4) is 0 Å². The molecule has 3 N–H and O–H groups in total. The Bertz CT molecular complexity index is 721. The summed E-state index contributed by atoms with van der Waals surface area (Å²) in [5.74, 6) is -0.606. The molecule has 4 nitrogen and oxygen atoms in total. The highest BCUT2D eigenvalue weighted by Gasteiger charge is 2.17. The number of sulfonamides is 1. The van der Waals surface area contributed by atoms with Crippen molar-refractivity contribution in [3.05, 3.63) is 59.4 Å². The summed E-state index contributed by atoms with van der Waals surface area (Å²) in [5, 5.41) is 0. The standard InChI is InChI=1S/C15H17FN2O2S/c1-10-4-3-5-14(16)15(10)18-21(19,20)13-8-6-12(7-9-13)11(2)17/h3-9,11,18H,17H2,1-2H3. The van der Waals surface area contributed by atoms with Crippen LogP contribution in [0.5, 0.6) is 0 Å². The van der Waals surface area contributed by atoms with Gasteiger partial charge in [0.25, 0.3) is 10.0 Å². The summed E-state index contributed by atoms with van der Waals surface area (Å²) >= 11 is 0. The van der Waals surface area contributed by atoms with Gasteiger partial charge in [-0.15, -0.1) is 0 Å². The molecule has 1 unspecified atom stereocenters. The Morgan fingerprint density at radius 3 is 2.29 bits per heavy atom. The fourth-order valence-corrected chi connectivity index (χ4v) is 3.04. The van der Waals surface area contributed by atoms with Crippen LogP contribution in [-0.4, -0.2) is 8.42 Å². The molecule has 0 aliphatic rings. The van der Waals surface area contributed by atoms with Crippen LogP contribution in [-0.2, 0) is 10.0 Å². The molecule has 0 radical (unpaired) electrons. The monoisotopic (exact) mass is 308 g/mol. The minimum atomic E-state index is -3.83. The largest absolute Gasteiger partial charge is 0.324 e. The average molecular weight is 308 g/mol. The van der Waals surface area contributed by atoms with Crippen molar-refractivity contribution in [3.63, 3.8) is 0 Å². The third-order valence-corrected chi connectivity index (χ3v) is 4.54. The molecule has 112 valence electrons. The van der Waals surface area contributed by atoms with E-state index in [1.165, 1.54) is 24.3 Å². The predicted octanol–water partition coefficient (Wildman–Crippen LogP) is 2.95. The van der Waals surface area contributed by atoms with Crippen molar-refractivity contribution in [2.75, 3.05) is 4.72 Å². The first-order chi connectivity index (χ1) is 9.81. The van der Waals surface area contributed by atoms with Gasteiger partial charge in [-0.2, -0.15) is 0 Å². The molecule has 2 aromatic rings. The summed E-state index contributed by atoms with van der Waals surface area (Å²) in [7, 11) is -3.83. The van der Waals surface area contributed by atoms with Crippen molar-refractivity contribution in [3.8, 4) is 0 Å². The van der Waals surface area contributed by atoms with Gasteiger partial charge in [-0.3, -0.25) is 4.72 Å². The zero-order valence-corrected chi connectivity index (χ0v) is 12.6. The summed E-state index contributed by atoms with van der Waals surface area (Å²) < 4.78 is 40.6. The summed E-state index contributed by atoms with van der Waals surface area (Å²) in [5.41, 5.74) is 7.04. The van der Waals surface area contributed by atoms with Gasteiger partial charge in [0.1, 0.15) is 5.82 Å². The lowest BCUT2D eigenvalue weighted by molar-refractivity contribution is 0.598. The van der Waals surface area contributed by atoms with E-state index in [4.69, 9.17) is 5.73 Å². The van der Waals surface area contributed by atoms with Gasteiger partial charge < -0.3 is 5.73 Å². The summed E-state index contributed by atoms with van der Waals surface area (Å²) in [6, 6.07) is 10.4. The molecule has 21 heavy (non-hydrogen) atoms.